The summed E-state index contributed by atoms with van der Waals surface area (Å²) in [4.78, 5) is 24.9. The highest BCUT2D eigenvalue weighted by molar-refractivity contribution is 6.10. The Kier molecular flexibility index (Phi) is 5.06. The van der Waals surface area contributed by atoms with Gasteiger partial charge >= 0.3 is 0 Å². The topological polar surface area (TPSA) is 67.4 Å². The first kappa shape index (κ1) is 16.3. The van der Waals surface area contributed by atoms with Crippen molar-refractivity contribution in [2.45, 2.75) is 45.6 Å². The summed E-state index contributed by atoms with van der Waals surface area (Å²) in [5.74, 6) is 0.00199. The number of para-hydroxylation sites is 2. The third-order valence-corrected chi connectivity index (χ3v) is 4.18. The Morgan fingerprint density at radius 1 is 1.14 bits per heavy atom. The SMILES string of the molecule is COc1ccccc1NC(=O)C(C)(C)C(=O)NC1CCCC1. The van der Waals surface area contributed by atoms with Crippen molar-refractivity contribution >= 4 is 17.5 Å². The van der Waals surface area contributed by atoms with E-state index < -0.39 is 5.41 Å². The molecule has 0 aromatic heterocycles. The summed E-state index contributed by atoms with van der Waals surface area (Å²) in [5.41, 5.74) is -0.569. The number of hydrogen-bond acceptors (Lipinski definition) is 3. The number of hydrogen-bond donors (Lipinski definition) is 2. The smallest absolute Gasteiger partial charge is 0.239 e. The lowest BCUT2D eigenvalue weighted by atomic mass is 9.90. The average molecular weight is 304 g/mol. The average Bonchev–Trinajstić information content (AvgIpc) is 3.00. The molecule has 1 aliphatic rings. The number of methoxy groups -OCH3 is 1. The van der Waals surface area contributed by atoms with Crippen LogP contribution in [0.5, 0.6) is 5.75 Å². The van der Waals surface area contributed by atoms with Crippen LogP contribution in [0.1, 0.15) is 39.5 Å². The number of nitrogens with one attached hydrogen (secondary N) is 2. The van der Waals surface area contributed by atoms with Gasteiger partial charge in [0.05, 0.1) is 12.8 Å². The zero-order valence-corrected chi connectivity index (χ0v) is 13.4. The summed E-state index contributed by atoms with van der Waals surface area (Å²) in [6, 6.07) is 7.35. The molecule has 5 heteroatoms. The van der Waals surface area contributed by atoms with E-state index in [0.29, 0.717) is 11.4 Å². The van der Waals surface area contributed by atoms with E-state index in [0.717, 1.165) is 25.7 Å². The van der Waals surface area contributed by atoms with E-state index in [1.165, 1.54) is 0 Å². The van der Waals surface area contributed by atoms with Crippen LogP contribution in [0.4, 0.5) is 5.69 Å². The molecule has 1 fully saturated rings. The molecule has 2 amide bonds. The van der Waals surface area contributed by atoms with Crippen LogP contribution >= 0.6 is 0 Å². The van der Waals surface area contributed by atoms with Gasteiger partial charge in [0.15, 0.2) is 0 Å². The summed E-state index contributed by atoms with van der Waals surface area (Å²) in [6.07, 6.45) is 4.27. The summed E-state index contributed by atoms with van der Waals surface area (Å²) < 4.78 is 5.21. The molecular weight excluding hydrogens is 280 g/mol. The molecule has 0 spiro atoms. The van der Waals surface area contributed by atoms with Gasteiger partial charge in [0.1, 0.15) is 11.2 Å². The van der Waals surface area contributed by atoms with Crippen molar-refractivity contribution < 1.29 is 14.3 Å². The molecule has 0 saturated heterocycles. The number of anilines is 1. The molecule has 0 aliphatic heterocycles. The number of carbonyl (C=O) groups excluding carboxylic acids is 2. The third-order valence-electron chi connectivity index (χ3n) is 4.18. The molecule has 1 aromatic carbocycles. The van der Waals surface area contributed by atoms with Crippen molar-refractivity contribution in [1.82, 2.24) is 5.32 Å². The van der Waals surface area contributed by atoms with Gasteiger partial charge in [0.2, 0.25) is 11.8 Å². The number of benzene rings is 1. The highest BCUT2D eigenvalue weighted by Gasteiger charge is 2.37. The molecule has 2 rings (SSSR count). The normalized spacial score (nSPS) is 15.4. The van der Waals surface area contributed by atoms with E-state index in [9.17, 15) is 9.59 Å². The lowest BCUT2D eigenvalue weighted by Crippen LogP contribution is -2.48. The van der Waals surface area contributed by atoms with Gasteiger partial charge in [0.25, 0.3) is 0 Å². The summed E-state index contributed by atoms with van der Waals surface area (Å²) >= 11 is 0. The molecule has 0 atom stereocenters. The number of amides is 2. The number of rotatable bonds is 5. The summed E-state index contributed by atoms with van der Waals surface area (Å²) in [7, 11) is 1.54. The molecule has 0 radical (unpaired) electrons. The second-order valence-corrected chi connectivity index (χ2v) is 6.23. The largest absolute Gasteiger partial charge is 0.495 e. The molecule has 1 aromatic rings. The van der Waals surface area contributed by atoms with E-state index in [1.54, 1.807) is 33.1 Å². The monoisotopic (exact) mass is 304 g/mol. The van der Waals surface area contributed by atoms with E-state index in [2.05, 4.69) is 10.6 Å². The Balaban J connectivity index is 2.04. The predicted molar refractivity (Wildman–Crippen MR) is 85.8 cm³/mol. The van der Waals surface area contributed by atoms with Crippen LogP contribution in [0.3, 0.4) is 0 Å². The number of ether oxygens (including phenoxy) is 1. The maximum atomic E-state index is 12.5. The molecule has 22 heavy (non-hydrogen) atoms. The molecular formula is C17H24N2O3. The fourth-order valence-corrected chi connectivity index (χ4v) is 2.57. The highest BCUT2D eigenvalue weighted by atomic mass is 16.5. The molecule has 0 unspecified atom stereocenters. The predicted octanol–water partition coefficient (Wildman–Crippen LogP) is 2.72. The Bertz CT molecular complexity index is 549. The van der Waals surface area contributed by atoms with Crippen LogP contribution in [0, 0.1) is 5.41 Å². The summed E-state index contributed by atoms with van der Waals surface area (Å²) in [6.45, 7) is 3.28. The fraction of sp³-hybridized carbons (Fsp3) is 0.529. The summed E-state index contributed by atoms with van der Waals surface area (Å²) in [5, 5.41) is 5.77. The Hall–Kier alpha value is -2.04. The van der Waals surface area contributed by atoms with Crippen LogP contribution in [0.2, 0.25) is 0 Å². The lowest BCUT2D eigenvalue weighted by molar-refractivity contribution is -0.138. The molecule has 0 bridgehead atoms. The molecule has 120 valence electrons. The van der Waals surface area contributed by atoms with Crippen molar-refractivity contribution in [3.63, 3.8) is 0 Å². The quantitative estimate of drug-likeness (QED) is 0.822. The molecule has 0 heterocycles. The van der Waals surface area contributed by atoms with E-state index >= 15 is 0 Å². The van der Waals surface area contributed by atoms with Gasteiger partial charge in [-0.2, -0.15) is 0 Å². The van der Waals surface area contributed by atoms with Crippen molar-refractivity contribution in [2.75, 3.05) is 12.4 Å². The third kappa shape index (κ3) is 3.59. The van der Waals surface area contributed by atoms with Crippen LogP contribution in [0.25, 0.3) is 0 Å². The van der Waals surface area contributed by atoms with Crippen molar-refractivity contribution in [1.29, 1.82) is 0 Å². The molecule has 5 nitrogen and oxygen atoms in total. The maximum absolute atomic E-state index is 12.5. The molecule has 2 N–H and O–H groups in total. The standard InChI is InChI=1S/C17H24N2O3/c1-17(2,15(20)18-12-8-4-5-9-12)16(21)19-13-10-6-7-11-14(13)22-3/h6-7,10-12H,4-5,8-9H2,1-3H3,(H,18,20)(H,19,21). The van der Waals surface area contributed by atoms with Crippen molar-refractivity contribution in [3.8, 4) is 5.75 Å². The Morgan fingerprint density at radius 2 is 1.77 bits per heavy atom. The molecule has 1 aliphatic carbocycles. The highest BCUT2D eigenvalue weighted by Crippen LogP contribution is 2.27. The van der Waals surface area contributed by atoms with Gasteiger partial charge in [-0.25, -0.2) is 0 Å². The van der Waals surface area contributed by atoms with Crippen LogP contribution in [-0.2, 0) is 9.59 Å². The first-order chi connectivity index (χ1) is 10.4. The molecule has 1 saturated carbocycles. The van der Waals surface area contributed by atoms with Gasteiger partial charge in [-0.3, -0.25) is 9.59 Å². The van der Waals surface area contributed by atoms with Crippen LogP contribution in [-0.4, -0.2) is 25.0 Å². The fourth-order valence-electron chi connectivity index (χ4n) is 2.57. The van der Waals surface area contributed by atoms with E-state index in [1.807, 2.05) is 12.1 Å². The van der Waals surface area contributed by atoms with Crippen LogP contribution < -0.4 is 15.4 Å². The first-order valence-corrected chi connectivity index (χ1v) is 7.70. The van der Waals surface area contributed by atoms with Crippen LogP contribution in [0.15, 0.2) is 24.3 Å². The van der Waals surface area contributed by atoms with Gasteiger partial charge in [0, 0.05) is 6.04 Å². The number of carbonyl (C=O) groups is 2. The second kappa shape index (κ2) is 6.81. The zero-order valence-electron chi connectivity index (χ0n) is 13.4. The Morgan fingerprint density at radius 3 is 2.41 bits per heavy atom. The maximum Gasteiger partial charge on any atom is 0.239 e. The van der Waals surface area contributed by atoms with E-state index in [-0.39, 0.29) is 17.9 Å². The minimum absolute atomic E-state index is 0.200. The van der Waals surface area contributed by atoms with E-state index in [4.69, 9.17) is 4.74 Å². The van der Waals surface area contributed by atoms with Crippen molar-refractivity contribution in [3.05, 3.63) is 24.3 Å². The second-order valence-electron chi connectivity index (χ2n) is 6.23. The van der Waals surface area contributed by atoms with Gasteiger partial charge in [-0.05, 0) is 38.8 Å². The minimum Gasteiger partial charge on any atom is -0.495 e. The van der Waals surface area contributed by atoms with Crippen molar-refractivity contribution in [2.24, 2.45) is 5.41 Å². The van der Waals surface area contributed by atoms with Gasteiger partial charge < -0.3 is 15.4 Å². The zero-order chi connectivity index (χ0) is 16.2. The van der Waals surface area contributed by atoms with Gasteiger partial charge in [-0.1, -0.05) is 25.0 Å². The Labute approximate surface area is 131 Å². The minimum atomic E-state index is -1.14. The first-order valence-electron chi connectivity index (χ1n) is 7.70. The lowest BCUT2D eigenvalue weighted by Gasteiger charge is -2.25. The van der Waals surface area contributed by atoms with Gasteiger partial charge in [-0.15, -0.1) is 0 Å².